The van der Waals surface area contributed by atoms with E-state index in [1.54, 1.807) is 4.90 Å². The molecule has 4 aliphatic heterocycles. The summed E-state index contributed by atoms with van der Waals surface area (Å²) in [5.41, 5.74) is 9.05. The molecule has 3 amide bonds. The molecule has 0 radical (unpaired) electrons. The van der Waals surface area contributed by atoms with Crippen LogP contribution in [0.3, 0.4) is 0 Å². The predicted molar refractivity (Wildman–Crippen MR) is 117 cm³/mol. The third-order valence-electron chi connectivity index (χ3n) is 7.51. The number of carbonyl (C=O) groups is 3. The summed E-state index contributed by atoms with van der Waals surface area (Å²) in [6.07, 6.45) is 5.16. The molecule has 32 heavy (non-hydrogen) atoms. The van der Waals surface area contributed by atoms with Crippen LogP contribution < -0.4 is 11.1 Å². The van der Waals surface area contributed by atoms with Crippen molar-refractivity contribution in [1.29, 1.82) is 0 Å². The fourth-order valence-corrected chi connectivity index (χ4v) is 5.71. The van der Waals surface area contributed by atoms with E-state index in [1.165, 1.54) is 0 Å². The number of fused-ring (bicyclic) bond motifs is 1. The van der Waals surface area contributed by atoms with Crippen molar-refractivity contribution >= 4 is 17.7 Å². The molecule has 0 saturated carbocycles. The first-order valence-corrected chi connectivity index (χ1v) is 11.9. The molecule has 8 heteroatoms. The number of likely N-dealkylation sites (tertiary alicyclic amines) is 1. The number of hydrogen-bond donors (Lipinski definition) is 2. The van der Waals surface area contributed by atoms with E-state index in [9.17, 15) is 14.4 Å². The van der Waals surface area contributed by atoms with Gasteiger partial charge in [0.1, 0.15) is 6.04 Å². The number of nitrogens with two attached hydrogens (primary N) is 1. The zero-order valence-corrected chi connectivity index (χ0v) is 18.4. The molecule has 3 N–H and O–H groups in total. The standard InChI is InChI=1S/C24H32N4O4/c25-19-2-1-11-32-22(19)16-7-9-27(10-8-16)13-15-3-4-17-14-28(24(31)18(17)12-15)20-5-6-21(29)26-23(20)30/h3-4,12,16,19-20,22H,1-2,5-11,13-14,25H2,(H,26,29,30)/t19-,20?,22+/m1/s1. The summed E-state index contributed by atoms with van der Waals surface area (Å²) >= 11 is 0. The number of carbonyl (C=O) groups excluding carboxylic acids is 3. The van der Waals surface area contributed by atoms with Crippen LogP contribution in [-0.4, -0.2) is 65.4 Å². The number of ether oxygens (including phenoxy) is 1. The van der Waals surface area contributed by atoms with E-state index in [0.29, 0.717) is 24.4 Å². The summed E-state index contributed by atoms with van der Waals surface area (Å²) in [5, 5.41) is 2.35. The van der Waals surface area contributed by atoms with Gasteiger partial charge in [0.25, 0.3) is 5.91 Å². The lowest BCUT2D eigenvalue weighted by Gasteiger charge is -2.40. The van der Waals surface area contributed by atoms with Crippen molar-refractivity contribution in [2.24, 2.45) is 11.7 Å². The Morgan fingerprint density at radius 3 is 2.66 bits per heavy atom. The number of imide groups is 1. The SMILES string of the molecule is N[C@@H]1CCCO[C@H]1C1CCN(Cc2ccc3c(c2)C(=O)N(C2CCC(=O)NC2=O)C3)CC1. The summed E-state index contributed by atoms with van der Waals surface area (Å²) in [6.45, 7) is 4.07. The Bertz CT molecular complexity index is 911. The van der Waals surface area contributed by atoms with Crippen LogP contribution in [0.2, 0.25) is 0 Å². The summed E-state index contributed by atoms with van der Waals surface area (Å²) < 4.78 is 5.99. The van der Waals surface area contributed by atoms with E-state index < -0.39 is 6.04 Å². The second kappa shape index (κ2) is 8.92. The van der Waals surface area contributed by atoms with Gasteiger partial charge in [-0.1, -0.05) is 12.1 Å². The number of benzene rings is 1. The minimum absolute atomic E-state index is 0.113. The van der Waals surface area contributed by atoms with Gasteiger partial charge in [0.2, 0.25) is 11.8 Å². The van der Waals surface area contributed by atoms with E-state index in [1.807, 2.05) is 12.1 Å². The minimum atomic E-state index is -0.566. The average Bonchev–Trinajstić information content (AvgIpc) is 3.11. The van der Waals surface area contributed by atoms with E-state index >= 15 is 0 Å². The first-order valence-electron chi connectivity index (χ1n) is 11.9. The number of piperidine rings is 2. The minimum Gasteiger partial charge on any atom is -0.376 e. The molecule has 1 aromatic rings. The lowest BCUT2D eigenvalue weighted by molar-refractivity contribution is -0.136. The van der Waals surface area contributed by atoms with Crippen molar-refractivity contribution in [3.05, 3.63) is 34.9 Å². The monoisotopic (exact) mass is 440 g/mol. The van der Waals surface area contributed by atoms with Gasteiger partial charge in [0.15, 0.2) is 0 Å². The molecule has 0 aromatic heterocycles. The van der Waals surface area contributed by atoms with Crippen LogP contribution in [0.4, 0.5) is 0 Å². The molecule has 0 spiro atoms. The number of amides is 3. The number of nitrogens with one attached hydrogen (secondary N) is 1. The highest BCUT2D eigenvalue weighted by molar-refractivity contribution is 6.05. The fourth-order valence-electron chi connectivity index (χ4n) is 5.71. The maximum atomic E-state index is 13.0. The number of nitrogens with zero attached hydrogens (tertiary/aromatic N) is 2. The molecule has 4 heterocycles. The molecular formula is C24H32N4O4. The largest absolute Gasteiger partial charge is 0.376 e. The van der Waals surface area contributed by atoms with Crippen LogP contribution in [-0.2, 0) is 27.4 Å². The molecule has 1 unspecified atom stereocenters. The fraction of sp³-hybridized carbons (Fsp3) is 0.625. The molecule has 5 rings (SSSR count). The molecule has 172 valence electrons. The van der Waals surface area contributed by atoms with Crippen molar-refractivity contribution < 1.29 is 19.1 Å². The summed E-state index contributed by atoms with van der Waals surface area (Å²) in [6, 6.07) is 5.68. The summed E-state index contributed by atoms with van der Waals surface area (Å²) in [7, 11) is 0. The first-order chi connectivity index (χ1) is 15.5. The Hall–Kier alpha value is -2.29. The normalized spacial score (nSPS) is 29.8. The van der Waals surface area contributed by atoms with Gasteiger partial charge >= 0.3 is 0 Å². The molecule has 1 aromatic carbocycles. The third-order valence-corrected chi connectivity index (χ3v) is 7.51. The highest BCUT2D eigenvalue weighted by Crippen LogP contribution is 2.31. The van der Waals surface area contributed by atoms with Crippen LogP contribution in [0, 0.1) is 5.92 Å². The molecular weight excluding hydrogens is 408 g/mol. The van der Waals surface area contributed by atoms with Crippen LogP contribution in [0.25, 0.3) is 0 Å². The van der Waals surface area contributed by atoms with Gasteiger partial charge in [0, 0.05) is 37.7 Å². The van der Waals surface area contributed by atoms with Crippen LogP contribution in [0.5, 0.6) is 0 Å². The van der Waals surface area contributed by atoms with E-state index in [4.69, 9.17) is 10.5 Å². The summed E-state index contributed by atoms with van der Waals surface area (Å²) in [4.78, 5) is 40.7. The Kier molecular flexibility index (Phi) is 6.01. The van der Waals surface area contributed by atoms with Crippen molar-refractivity contribution in [3.63, 3.8) is 0 Å². The topological polar surface area (TPSA) is 105 Å². The second-order valence-corrected chi connectivity index (χ2v) is 9.65. The quantitative estimate of drug-likeness (QED) is 0.681. The van der Waals surface area contributed by atoms with Crippen molar-refractivity contribution in [2.45, 2.75) is 69.8 Å². The maximum absolute atomic E-state index is 13.0. The number of rotatable bonds is 4. The highest BCUT2D eigenvalue weighted by Gasteiger charge is 2.39. The smallest absolute Gasteiger partial charge is 0.255 e. The first kappa shape index (κ1) is 21.6. The van der Waals surface area contributed by atoms with Gasteiger partial charge in [0.05, 0.1) is 6.10 Å². The Morgan fingerprint density at radius 2 is 1.91 bits per heavy atom. The Balaban J connectivity index is 1.19. The zero-order chi connectivity index (χ0) is 22.2. The van der Waals surface area contributed by atoms with Gasteiger partial charge < -0.3 is 15.4 Å². The second-order valence-electron chi connectivity index (χ2n) is 9.65. The highest BCUT2D eigenvalue weighted by atomic mass is 16.5. The predicted octanol–water partition coefficient (Wildman–Crippen LogP) is 1.17. The molecule has 4 aliphatic rings. The van der Waals surface area contributed by atoms with Crippen molar-refractivity contribution in [2.75, 3.05) is 19.7 Å². The van der Waals surface area contributed by atoms with Gasteiger partial charge in [-0.2, -0.15) is 0 Å². The van der Waals surface area contributed by atoms with Gasteiger partial charge in [-0.05, 0) is 68.3 Å². The number of hydrogen-bond acceptors (Lipinski definition) is 6. The molecule has 8 nitrogen and oxygen atoms in total. The zero-order valence-electron chi connectivity index (χ0n) is 18.4. The molecule has 3 fully saturated rings. The van der Waals surface area contributed by atoms with E-state index in [-0.39, 0.29) is 36.3 Å². The lowest BCUT2D eigenvalue weighted by atomic mass is 9.85. The van der Waals surface area contributed by atoms with Crippen molar-refractivity contribution in [3.8, 4) is 0 Å². The van der Waals surface area contributed by atoms with Crippen molar-refractivity contribution in [1.82, 2.24) is 15.1 Å². The molecule has 3 saturated heterocycles. The van der Waals surface area contributed by atoms with Crippen LogP contribution >= 0.6 is 0 Å². The molecule has 0 aliphatic carbocycles. The Morgan fingerprint density at radius 1 is 1.09 bits per heavy atom. The third kappa shape index (κ3) is 4.19. The maximum Gasteiger partial charge on any atom is 0.255 e. The molecule has 0 bridgehead atoms. The van der Waals surface area contributed by atoms with Crippen LogP contribution in [0.1, 0.15) is 60.0 Å². The lowest BCUT2D eigenvalue weighted by Crippen LogP contribution is -2.52. The van der Waals surface area contributed by atoms with Gasteiger partial charge in [-0.15, -0.1) is 0 Å². The van der Waals surface area contributed by atoms with E-state index in [0.717, 1.165) is 63.1 Å². The van der Waals surface area contributed by atoms with Gasteiger partial charge in [-0.25, -0.2) is 0 Å². The van der Waals surface area contributed by atoms with Gasteiger partial charge in [-0.3, -0.25) is 24.6 Å². The molecule has 3 atom stereocenters. The Labute approximate surface area is 188 Å². The van der Waals surface area contributed by atoms with E-state index in [2.05, 4.69) is 16.3 Å². The summed E-state index contributed by atoms with van der Waals surface area (Å²) in [5.74, 6) is -0.214. The van der Waals surface area contributed by atoms with Crippen LogP contribution in [0.15, 0.2) is 18.2 Å². The average molecular weight is 441 g/mol.